The summed E-state index contributed by atoms with van der Waals surface area (Å²) in [4.78, 5) is 7.24. The zero-order valence-corrected chi connectivity index (χ0v) is 11.2. The topological polar surface area (TPSA) is 16.1 Å². The Morgan fingerprint density at radius 2 is 2.00 bits per heavy atom. The zero-order chi connectivity index (χ0) is 10.7. The Kier molecular flexibility index (Phi) is 3.66. The molecule has 1 fully saturated rings. The van der Waals surface area contributed by atoms with E-state index in [1.807, 2.05) is 0 Å². The quantitative estimate of drug-likeness (QED) is 0.767. The number of hydrogen-bond acceptors (Lipinski definition) is 2. The van der Waals surface area contributed by atoms with Gasteiger partial charge in [-0.3, -0.25) is 0 Å². The van der Waals surface area contributed by atoms with Crippen molar-refractivity contribution >= 4 is 25.3 Å². The van der Waals surface area contributed by atoms with Crippen molar-refractivity contribution < 1.29 is 0 Å². The Labute approximate surface area is 97.8 Å². The summed E-state index contributed by atoms with van der Waals surface area (Å²) in [6, 6.07) is 0. The molecule has 1 aliphatic rings. The fourth-order valence-electron chi connectivity index (χ4n) is 1.93. The molecule has 2 nitrogen and oxygen atoms in total. The molecule has 2 rings (SSSR count). The predicted molar refractivity (Wildman–Crippen MR) is 66.7 cm³/mol. The molecule has 0 atom stereocenters. The molecule has 0 aliphatic carbocycles. The summed E-state index contributed by atoms with van der Waals surface area (Å²) in [7, 11) is 0. The first kappa shape index (κ1) is 11.0. The average molecular weight is 269 g/mol. The van der Waals surface area contributed by atoms with E-state index in [4.69, 9.17) is 4.98 Å². The van der Waals surface area contributed by atoms with Crippen LogP contribution in [0, 0.1) is 6.92 Å². The third kappa shape index (κ3) is 2.53. The van der Waals surface area contributed by atoms with Gasteiger partial charge in [0, 0.05) is 0 Å². The van der Waals surface area contributed by atoms with Crippen LogP contribution in [0.4, 0.5) is 4.69 Å². The molecule has 0 bridgehead atoms. The van der Waals surface area contributed by atoms with Crippen LogP contribution in [0.15, 0.2) is 6.08 Å². The van der Waals surface area contributed by atoms with E-state index in [1.165, 1.54) is 47.2 Å². The maximum atomic E-state index is 4.75. The second-order valence-corrected chi connectivity index (χ2v) is 6.46. The fraction of sp³-hybridized carbons (Fsp3) is 0.583. The van der Waals surface area contributed by atoms with E-state index >= 15 is 0 Å². The standard InChI is InChI=1S/C12H18N2Se/c1-3-7-11-10(2)15-12(13-11)14-8-5-4-6-9-14/h3,7H,4-6,8-9H2,1-2H3/b7-3+. The molecule has 0 radical (unpaired) electrons. The predicted octanol–water partition coefficient (Wildman–Crippen LogP) is 2.47. The molecule has 1 aromatic heterocycles. The Hall–Kier alpha value is -0.531. The van der Waals surface area contributed by atoms with Gasteiger partial charge in [-0.1, -0.05) is 0 Å². The Morgan fingerprint density at radius 1 is 1.27 bits per heavy atom. The second-order valence-electron chi connectivity index (χ2n) is 3.99. The van der Waals surface area contributed by atoms with E-state index in [9.17, 15) is 0 Å². The Balaban J connectivity index is 2.17. The molecular weight excluding hydrogens is 251 g/mol. The monoisotopic (exact) mass is 270 g/mol. The molecule has 3 heteroatoms. The summed E-state index contributed by atoms with van der Waals surface area (Å²) < 4.78 is 2.83. The van der Waals surface area contributed by atoms with Crippen LogP contribution in [0.3, 0.4) is 0 Å². The van der Waals surface area contributed by atoms with Crippen molar-refractivity contribution in [1.82, 2.24) is 4.98 Å². The fourth-order valence-corrected chi connectivity index (χ4v) is 3.92. The Bertz CT molecular complexity index is 349. The number of aromatic nitrogens is 1. The normalized spacial score (nSPS) is 17.6. The van der Waals surface area contributed by atoms with Gasteiger partial charge in [0.15, 0.2) is 0 Å². The Morgan fingerprint density at radius 3 is 2.67 bits per heavy atom. The van der Waals surface area contributed by atoms with Gasteiger partial charge in [0.05, 0.1) is 0 Å². The molecular formula is C12H18N2Se. The van der Waals surface area contributed by atoms with Crippen molar-refractivity contribution in [3.8, 4) is 0 Å². The molecule has 1 aliphatic heterocycles. The summed E-state index contributed by atoms with van der Waals surface area (Å²) in [5, 5.41) is 0. The van der Waals surface area contributed by atoms with Gasteiger partial charge in [-0.25, -0.2) is 0 Å². The first-order valence-electron chi connectivity index (χ1n) is 5.66. The van der Waals surface area contributed by atoms with E-state index in [0.29, 0.717) is 14.5 Å². The number of nitrogens with zero attached hydrogens (tertiary/aromatic N) is 2. The summed E-state index contributed by atoms with van der Waals surface area (Å²) >= 11 is 0.478. The maximum absolute atomic E-state index is 4.75. The molecule has 0 saturated carbocycles. The molecule has 1 aromatic rings. The molecule has 0 spiro atoms. The van der Waals surface area contributed by atoms with Crippen LogP contribution in [-0.2, 0) is 0 Å². The molecule has 2 heterocycles. The molecule has 15 heavy (non-hydrogen) atoms. The summed E-state index contributed by atoms with van der Waals surface area (Å²) in [6.07, 6.45) is 8.29. The minimum absolute atomic E-state index is 0.478. The van der Waals surface area contributed by atoms with Crippen LogP contribution in [0.5, 0.6) is 0 Å². The van der Waals surface area contributed by atoms with Gasteiger partial charge >= 0.3 is 97.6 Å². The van der Waals surface area contributed by atoms with Gasteiger partial charge in [-0.2, -0.15) is 0 Å². The minimum atomic E-state index is 0.478. The average Bonchev–Trinajstić information content (AvgIpc) is 2.63. The first-order valence-corrected chi connectivity index (χ1v) is 7.37. The van der Waals surface area contributed by atoms with Crippen molar-refractivity contribution in [2.75, 3.05) is 18.0 Å². The molecule has 0 amide bonds. The van der Waals surface area contributed by atoms with E-state index in [1.54, 1.807) is 0 Å². The number of piperidine rings is 1. The molecule has 1 saturated heterocycles. The number of allylic oxidation sites excluding steroid dienone is 1. The van der Waals surface area contributed by atoms with Gasteiger partial charge in [-0.05, 0) is 0 Å². The molecule has 0 aromatic carbocycles. The third-order valence-electron chi connectivity index (χ3n) is 2.77. The van der Waals surface area contributed by atoms with Crippen LogP contribution < -0.4 is 4.90 Å². The molecule has 0 unspecified atom stereocenters. The number of hydrogen-bond donors (Lipinski definition) is 0. The van der Waals surface area contributed by atoms with Crippen LogP contribution in [0.2, 0.25) is 0 Å². The third-order valence-corrected chi connectivity index (χ3v) is 4.97. The van der Waals surface area contributed by atoms with Gasteiger partial charge in [0.25, 0.3) is 0 Å². The van der Waals surface area contributed by atoms with Gasteiger partial charge in [-0.15, -0.1) is 0 Å². The van der Waals surface area contributed by atoms with Crippen LogP contribution in [0.1, 0.15) is 36.3 Å². The van der Waals surface area contributed by atoms with Gasteiger partial charge < -0.3 is 0 Å². The van der Waals surface area contributed by atoms with Crippen molar-refractivity contribution in [2.45, 2.75) is 33.1 Å². The van der Waals surface area contributed by atoms with E-state index < -0.39 is 0 Å². The van der Waals surface area contributed by atoms with Crippen molar-refractivity contribution in [3.63, 3.8) is 0 Å². The molecule has 82 valence electrons. The van der Waals surface area contributed by atoms with Crippen LogP contribution in [-0.4, -0.2) is 32.6 Å². The van der Waals surface area contributed by atoms with E-state index in [-0.39, 0.29) is 0 Å². The van der Waals surface area contributed by atoms with E-state index in [2.05, 4.69) is 30.9 Å². The van der Waals surface area contributed by atoms with Gasteiger partial charge in [0.2, 0.25) is 0 Å². The zero-order valence-electron chi connectivity index (χ0n) is 9.49. The summed E-state index contributed by atoms with van der Waals surface area (Å²) in [5.41, 5.74) is 1.21. The number of rotatable bonds is 2. The number of anilines is 1. The first-order chi connectivity index (χ1) is 7.31. The van der Waals surface area contributed by atoms with Gasteiger partial charge in [0.1, 0.15) is 0 Å². The van der Waals surface area contributed by atoms with Crippen LogP contribution in [0.25, 0.3) is 6.08 Å². The second kappa shape index (κ2) is 5.00. The SMILES string of the molecule is C/C=C/c1nc(N2CCCCC2)[se]c1C. The van der Waals surface area contributed by atoms with Crippen molar-refractivity contribution in [1.29, 1.82) is 0 Å². The van der Waals surface area contributed by atoms with Crippen LogP contribution >= 0.6 is 0 Å². The molecule has 0 N–H and O–H groups in total. The van der Waals surface area contributed by atoms with Crippen molar-refractivity contribution in [2.24, 2.45) is 0 Å². The van der Waals surface area contributed by atoms with Crippen molar-refractivity contribution in [3.05, 3.63) is 16.2 Å². The summed E-state index contributed by atoms with van der Waals surface area (Å²) in [6.45, 7) is 6.71. The van der Waals surface area contributed by atoms with E-state index in [0.717, 1.165) is 0 Å². The summed E-state index contributed by atoms with van der Waals surface area (Å²) in [5.74, 6) is 0. The number of aryl methyl sites for hydroxylation is 1.